The molecule has 27 heavy (non-hydrogen) atoms. The maximum Gasteiger partial charge on any atom is 0.295 e. The summed E-state index contributed by atoms with van der Waals surface area (Å²) in [6.45, 7) is 2.08. The zero-order chi connectivity index (χ0) is 18.8. The summed E-state index contributed by atoms with van der Waals surface area (Å²) in [7, 11) is 1.63. The Morgan fingerprint density at radius 2 is 2.04 bits per heavy atom. The van der Waals surface area contributed by atoms with E-state index in [-0.39, 0.29) is 11.9 Å². The first kappa shape index (κ1) is 17.7. The number of aliphatic imine (C=N–C) groups is 1. The van der Waals surface area contributed by atoms with Crippen LogP contribution in [0.3, 0.4) is 0 Å². The minimum absolute atomic E-state index is 0.104. The van der Waals surface area contributed by atoms with Gasteiger partial charge in [0.1, 0.15) is 11.3 Å². The highest BCUT2D eigenvalue weighted by molar-refractivity contribution is 8.14. The van der Waals surface area contributed by atoms with Crippen molar-refractivity contribution in [2.45, 2.75) is 19.4 Å². The molecule has 6 heteroatoms. The van der Waals surface area contributed by atoms with Crippen molar-refractivity contribution in [3.05, 3.63) is 60.4 Å². The number of amidine groups is 1. The number of rotatable bonds is 4. The quantitative estimate of drug-likeness (QED) is 0.632. The second-order valence-electron chi connectivity index (χ2n) is 6.29. The Labute approximate surface area is 162 Å². The van der Waals surface area contributed by atoms with Crippen molar-refractivity contribution >= 4 is 39.5 Å². The molecule has 0 radical (unpaired) electrons. The van der Waals surface area contributed by atoms with E-state index in [1.165, 1.54) is 0 Å². The van der Waals surface area contributed by atoms with E-state index in [4.69, 9.17) is 14.1 Å². The summed E-state index contributed by atoms with van der Waals surface area (Å²) in [6.07, 6.45) is 0.862. The van der Waals surface area contributed by atoms with Gasteiger partial charge in [-0.1, -0.05) is 36.9 Å². The second kappa shape index (κ2) is 7.48. The van der Waals surface area contributed by atoms with E-state index in [1.807, 2.05) is 48.5 Å². The van der Waals surface area contributed by atoms with E-state index in [0.717, 1.165) is 34.6 Å². The van der Waals surface area contributed by atoms with Gasteiger partial charge in [0.15, 0.2) is 10.9 Å². The van der Waals surface area contributed by atoms with Gasteiger partial charge in [-0.3, -0.25) is 9.69 Å². The molecule has 3 aromatic rings. The number of fused-ring (bicyclic) bond motifs is 1. The Bertz CT molecular complexity index is 961. The van der Waals surface area contributed by atoms with Gasteiger partial charge in [0.05, 0.1) is 12.8 Å². The fourth-order valence-corrected chi connectivity index (χ4v) is 4.35. The number of hydrogen-bond donors (Lipinski definition) is 0. The van der Waals surface area contributed by atoms with Crippen molar-refractivity contribution in [2.75, 3.05) is 12.9 Å². The molecule has 4 rings (SSSR count). The molecule has 0 bridgehead atoms. The second-order valence-corrected chi connectivity index (χ2v) is 7.28. The van der Waals surface area contributed by atoms with Gasteiger partial charge >= 0.3 is 0 Å². The standard InChI is InChI=1S/C21H20N2O3S/c1-3-16-13-27-21(22-15-8-10-17(25-2)11-9-15)23(16)20(24)19-12-14-6-4-5-7-18(14)26-19/h4-12,16H,3,13H2,1-2H3/t16-/m1/s1. The molecule has 1 aliphatic rings. The lowest BCUT2D eigenvalue weighted by Crippen LogP contribution is -2.38. The highest BCUT2D eigenvalue weighted by Crippen LogP contribution is 2.32. The third kappa shape index (κ3) is 3.45. The molecular formula is C21H20N2O3S. The number of ether oxygens (including phenoxy) is 1. The molecule has 0 N–H and O–H groups in total. The molecule has 1 amide bonds. The first-order chi connectivity index (χ1) is 13.2. The Balaban J connectivity index is 1.67. The number of nitrogens with zero attached hydrogens (tertiary/aromatic N) is 2. The molecule has 0 unspecified atom stereocenters. The van der Waals surface area contributed by atoms with Crippen LogP contribution in [0.25, 0.3) is 11.0 Å². The third-order valence-corrected chi connectivity index (χ3v) is 5.70. The van der Waals surface area contributed by atoms with Crippen molar-refractivity contribution in [3.63, 3.8) is 0 Å². The van der Waals surface area contributed by atoms with E-state index < -0.39 is 0 Å². The highest BCUT2D eigenvalue weighted by Gasteiger charge is 2.36. The van der Waals surface area contributed by atoms with Crippen LogP contribution in [0.1, 0.15) is 23.9 Å². The maximum atomic E-state index is 13.2. The first-order valence-electron chi connectivity index (χ1n) is 8.87. The van der Waals surface area contributed by atoms with Gasteiger partial charge in [0, 0.05) is 17.2 Å². The summed E-state index contributed by atoms with van der Waals surface area (Å²) < 4.78 is 11.0. The van der Waals surface area contributed by atoms with Crippen molar-refractivity contribution in [3.8, 4) is 5.75 Å². The van der Waals surface area contributed by atoms with Crippen molar-refractivity contribution in [1.82, 2.24) is 4.90 Å². The predicted octanol–water partition coefficient (Wildman–Crippen LogP) is 5.10. The molecule has 1 aromatic heterocycles. The Kier molecular flexibility index (Phi) is 4.90. The Morgan fingerprint density at radius 3 is 2.74 bits per heavy atom. The summed E-state index contributed by atoms with van der Waals surface area (Å²) in [4.78, 5) is 19.7. The number of methoxy groups -OCH3 is 1. The summed E-state index contributed by atoms with van der Waals surface area (Å²) in [5.41, 5.74) is 1.51. The van der Waals surface area contributed by atoms with Crippen LogP contribution in [0.4, 0.5) is 5.69 Å². The lowest BCUT2D eigenvalue weighted by molar-refractivity contribution is 0.0791. The molecule has 0 saturated carbocycles. The minimum atomic E-state index is -0.143. The van der Waals surface area contributed by atoms with Crippen LogP contribution in [0.15, 0.2) is 64.0 Å². The zero-order valence-electron chi connectivity index (χ0n) is 15.2. The molecule has 1 aliphatic heterocycles. The van der Waals surface area contributed by atoms with E-state index >= 15 is 0 Å². The van der Waals surface area contributed by atoms with Gasteiger partial charge in [-0.15, -0.1) is 0 Å². The molecular weight excluding hydrogens is 360 g/mol. The molecule has 1 fully saturated rings. The highest BCUT2D eigenvalue weighted by atomic mass is 32.2. The number of carbonyl (C=O) groups is 1. The van der Waals surface area contributed by atoms with Crippen LogP contribution in [-0.2, 0) is 0 Å². The van der Waals surface area contributed by atoms with E-state index in [1.54, 1.807) is 29.8 Å². The average molecular weight is 380 g/mol. The summed E-state index contributed by atoms with van der Waals surface area (Å²) in [5, 5.41) is 1.63. The number of thioether (sulfide) groups is 1. The van der Waals surface area contributed by atoms with Crippen LogP contribution < -0.4 is 4.74 Å². The van der Waals surface area contributed by atoms with E-state index in [2.05, 4.69) is 6.92 Å². The number of carbonyl (C=O) groups excluding carboxylic acids is 1. The predicted molar refractivity (Wildman–Crippen MR) is 109 cm³/mol. The summed E-state index contributed by atoms with van der Waals surface area (Å²) in [6, 6.07) is 17.0. The third-order valence-electron chi connectivity index (χ3n) is 4.60. The van der Waals surface area contributed by atoms with Gasteiger partial charge in [-0.05, 0) is 42.8 Å². The monoisotopic (exact) mass is 380 g/mol. The number of hydrogen-bond acceptors (Lipinski definition) is 5. The topological polar surface area (TPSA) is 55.0 Å². The molecule has 2 aromatic carbocycles. The maximum absolute atomic E-state index is 13.2. The largest absolute Gasteiger partial charge is 0.497 e. The lowest BCUT2D eigenvalue weighted by atomic mass is 10.2. The summed E-state index contributed by atoms with van der Waals surface area (Å²) in [5.74, 6) is 1.81. The zero-order valence-corrected chi connectivity index (χ0v) is 16.0. The Hall–Kier alpha value is -2.73. The fourth-order valence-electron chi connectivity index (χ4n) is 3.08. The molecule has 5 nitrogen and oxygen atoms in total. The normalized spacial score (nSPS) is 18.4. The van der Waals surface area contributed by atoms with Crippen molar-refractivity contribution in [1.29, 1.82) is 0 Å². The van der Waals surface area contributed by atoms with Crippen molar-refractivity contribution in [2.24, 2.45) is 4.99 Å². The van der Waals surface area contributed by atoms with Crippen molar-refractivity contribution < 1.29 is 13.9 Å². The SMILES string of the molecule is CC[C@@H]1CSC(=Nc2ccc(OC)cc2)N1C(=O)c1cc2ccccc2o1. The van der Waals surface area contributed by atoms with Gasteiger partial charge in [-0.2, -0.15) is 0 Å². The van der Waals surface area contributed by atoms with E-state index in [9.17, 15) is 4.79 Å². The van der Waals surface area contributed by atoms with Crippen LogP contribution in [0.2, 0.25) is 0 Å². The number of furan rings is 1. The van der Waals surface area contributed by atoms with Crippen LogP contribution in [0.5, 0.6) is 5.75 Å². The molecule has 0 spiro atoms. The number of para-hydroxylation sites is 1. The summed E-state index contributed by atoms with van der Waals surface area (Å²) >= 11 is 1.60. The lowest BCUT2D eigenvalue weighted by Gasteiger charge is -2.21. The smallest absolute Gasteiger partial charge is 0.295 e. The molecule has 1 saturated heterocycles. The van der Waals surface area contributed by atoms with Gasteiger partial charge in [0.2, 0.25) is 0 Å². The number of amides is 1. The number of benzene rings is 2. The fraction of sp³-hybridized carbons (Fsp3) is 0.238. The van der Waals surface area contributed by atoms with Gasteiger partial charge < -0.3 is 9.15 Å². The van der Waals surface area contributed by atoms with Crippen LogP contribution in [0, 0.1) is 0 Å². The molecule has 2 heterocycles. The molecule has 138 valence electrons. The van der Waals surface area contributed by atoms with Crippen LogP contribution in [-0.4, -0.2) is 34.9 Å². The van der Waals surface area contributed by atoms with Gasteiger partial charge in [0.25, 0.3) is 5.91 Å². The molecule has 0 aliphatic carbocycles. The van der Waals surface area contributed by atoms with Gasteiger partial charge in [-0.25, -0.2) is 4.99 Å². The van der Waals surface area contributed by atoms with E-state index in [0.29, 0.717) is 10.9 Å². The Morgan fingerprint density at radius 1 is 1.26 bits per heavy atom. The minimum Gasteiger partial charge on any atom is -0.497 e. The first-order valence-corrected chi connectivity index (χ1v) is 9.86. The average Bonchev–Trinajstić information content (AvgIpc) is 3.32. The molecule has 1 atom stereocenters. The van der Waals surface area contributed by atoms with Crippen LogP contribution >= 0.6 is 11.8 Å².